The number of aldehydes is 1. The van der Waals surface area contributed by atoms with E-state index in [4.69, 9.17) is 4.74 Å². The Kier molecular flexibility index (Phi) is 4.89. The maximum Gasteiger partial charge on any atom is 0.255 e. The summed E-state index contributed by atoms with van der Waals surface area (Å²) in [4.78, 5) is 23.2. The Hall–Kier alpha value is -1.84. The van der Waals surface area contributed by atoms with E-state index >= 15 is 0 Å². The minimum atomic E-state index is -0.271. The Bertz CT molecular complexity index is 455. The van der Waals surface area contributed by atoms with Crippen LogP contribution in [0.4, 0.5) is 0 Å². The molecule has 0 spiro atoms. The number of methoxy groups -OCH3 is 1. The number of carbonyl (C=O) groups is 2. The fourth-order valence-electron chi connectivity index (χ4n) is 1.70. The molecule has 4 heteroatoms. The molecule has 0 fully saturated rings. The lowest BCUT2D eigenvalue weighted by Gasteiger charge is -2.16. The van der Waals surface area contributed by atoms with E-state index in [1.807, 2.05) is 20.8 Å². The molecule has 0 aromatic heterocycles. The third kappa shape index (κ3) is 2.88. The second-order valence-electron chi connectivity index (χ2n) is 4.28. The van der Waals surface area contributed by atoms with Crippen molar-refractivity contribution in [2.45, 2.75) is 33.2 Å². The molecular weight excluding hydrogens is 230 g/mol. The second kappa shape index (κ2) is 6.19. The van der Waals surface area contributed by atoms with Gasteiger partial charge in [-0.15, -0.1) is 0 Å². The van der Waals surface area contributed by atoms with E-state index in [9.17, 15) is 9.59 Å². The Labute approximate surface area is 107 Å². The third-order valence-electron chi connectivity index (χ3n) is 2.93. The van der Waals surface area contributed by atoms with Gasteiger partial charge in [0.25, 0.3) is 5.91 Å². The lowest BCUT2D eigenvalue weighted by Crippen LogP contribution is -2.33. The standard InChI is InChI=1S/C14H19NO3/c1-5-10(3)15-14(17)12-11(8-16)7-6-9(2)13(12)18-4/h6-8,10H,5H2,1-4H3,(H,15,17). The van der Waals surface area contributed by atoms with E-state index < -0.39 is 0 Å². The van der Waals surface area contributed by atoms with Crippen molar-refractivity contribution in [1.82, 2.24) is 5.32 Å². The van der Waals surface area contributed by atoms with Crippen molar-refractivity contribution in [2.24, 2.45) is 0 Å². The van der Waals surface area contributed by atoms with Gasteiger partial charge in [-0.1, -0.05) is 19.1 Å². The molecular formula is C14H19NO3. The summed E-state index contributed by atoms with van der Waals surface area (Å²) >= 11 is 0. The average molecular weight is 249 g/mol. The Balaban J connectivity index is 3.23. The normalized spacial score (nSPS) is 11.8. The number of hydrogen-bond donors (Lipinski definition) is 1. The van der Waals surface area contributed by atoms with Gasteiger partial charge < -0.3 is 10.1 Å². The van der Waals surface area contributed by atoms with Gasteiger partial charge in [-0.05, 0) is 25.8 Å². The van der Waals surface area contributed by atoms with Crippen molar-refractivity contribution >= 4 is 12.2 Å². The fourth-order valence-corrected chi connectivity index (χ4v) is 1.70. The zero-order valence-corrected chi connectivity index (χ0v) is 11.2. The molecule has 1 amide bonds. The zero-order chi connectivity index (χ0) is 13.7. The van der Waals surface area contributed by atoms with Gasteiger partial charge in [-0.25, -0.2) is 0 Å². The lowest BCUT2D eigenvalue weighted by atomic mass is 10.0. The summed E-state index contributed by atoms with van der Waals surface area (Å²) in [5.74, 6) is 0.187. The molecule has 0 saturated carbocycles. The summed E-state index contributed by atoms with van der Waals surface area (Å²) < 4.78 is 5.24. The van der Waals surface area contributed by atoms with Gasteiger partial charge >= 0.3 is 0 Å². The maximum atomic E-state index is 12.2. The van der Waals surface area contributed by atoms with E-state index in [1.165, 1.54) is 7.11 Å². The van der Waals surface area contributed by atoms with Crippen LogP contribution in [0.15, 0.2) is 12.1 Å². The van der Waals surface area contributed by atoms with Gasteiger partial charge in [0, 0.05) is 11.6 Å². The highest BCUT2D eigenvalue weighted by atomic mass is 16.5. The van der Waals surface area contributed by atoms with Crippen molar-refractivity contribution < 1.29 is 14.3 Å². The van der Waals surface area contributed by atoms with E-state index in [-0.39, 0.29) is 11.9 Å². The molecule has 4 nitrogen and oxygen atoms in total. The predicted molar refractivity (Wildman–Crippen MR) is 70.3 cm³/mol. The quantitative estimate of drug-likeness (QED) is 0.815. The maximum absolute atomic E-state index is 12.2. The summed E-state index contributed by atoms with van der Waals surface area (Å²) in [6.45, 7) is 5.74. The van der Waals surface area contributed by atoms with Crippen LogP contribution in [0, 0.1) is 6.92 Å². The van der Waals surface area contributed by atoms with Gasteiger partial charge in [0.05, 0.1) is 12.7 Å². The third-order valence-corrected chi connectivity index (χ3v) is 2.93. The highest BCUT2D eigenvalue weighted by Crippen LogP contribution is 2.26. The van der Waals surface area contributed by atoms with Crippen molar-refractivity contribution in [2.75, 3.05) is 7.11 Å². The van der Waals surface area contributed by atoms with Crippen LogP contribution in [-0.4, -0.2) is 25.3 Å². The van der Waals surface area contributed by atoms with Gasteiger partial charge in [0.2, 0.25) is 0 Å². The fraction of sp³-hybridized carbons (Fsp3) is 0.429. The summed E-state index contributed by atoms with van der Waals surface area (Å²) in [5, 5.41) is 2.84. The lowest BCUT2D eigenvalue weighted by molar-refractivity contribution is 0.0930. The van der Waals surface area contributed by atoms with Crippen LogP contribution in [0.5, 0.6) is 5.75 Å². The number of hydrogen-bond acceptors (Lipinski definition) is 3. The number of carbonyl (C=O) groups excluding carboxylic acids is 2. The zero-order valence-electron chi connectivity index (χ0n) is 11.2. The highest BCUT2D eigenvalue weighted by Gasteiger charge is 2.19. The number of ether oxygens (including phenoxy) is 1. The molecule has 0 aliphatic rings. The first kappa shape index (κ1) is 14.2. The molecule has 1 aromatic rings. The number of benzene rings is 1. The summed E-state index contributed by atoms with van der Waals surface area (Å²) in [7, 11) is 1.50. The predicted octanol–water partition coefficient (Wildman–Crippen LogP) is 2.34. The molecule has 1 atom stereocenters. The number of nitrogens with one attached hydrogen (secondary N) is 1. The smallest absolute Gasteiger partial charge is 0.255 e. The van der Waals surface area contributed by atoms with Crippen LogP contribution in [0.2, 0.25) is 0 Å². The SMILES string of the molecule is CCC(C)NC(=O)c1c(C=O)ccc(C)c1OC. The van der Waals surface area contributed by atoms with Crippen molar-refractivity contribution in [3.05, 3.63) is 28.8 Å². The van der Waals surface area contributed by atoms with Crippen LogP contribution >= 0.6 is 0 Å². The summed E-state index contributed by atoms with van der Waals surface area (Å²) in [6.07, 6.45) is 1.50. The molecule has 0 aliphatic heterocycles. The Morgan fingerprint density at radius 2 is 2.17 bits per heavy atom. The first-order chi connectivity index (χ1) is 8.54. The molecule has 0 bridgehead atoms. The second-order valence-corrected chi connectivity index (χ2v) is 4.28. The molecule has 1 rings (SSSR count). The van der Waals surface area contributed by atoms with Crippen molar-refractivity contribution in [3.8, 4) is 5.75 Å². The van der Waals surface area contributed by atoms with Gasteiger partial charge in [0.15, 0.2) is 6.29 Å². The summed E-state index contributed by atoms with van der Waals surface area (Å²) in [6, 6.07) is 3.46. The average Bonchev–Trinajstić information content (AvgIpc) is 2.37. The molecule has 0 heterocycles. The number of amides is 1. The molecule has 1 aromatic carbocycles. The van der Waals surface area contributed by atoms with E-state index in [1.54, 1.807) is 12.1 Å². The molecule has 0 radical (unpaired) electrons. The van der Waals surface area contributed by atoms with Crippen LogP contribution in [0.1, 0.15) is 46.5 Å². The number of rotatable bonds is 5. The van der Waals surface area contributed by atoms with Crippen LogP contribution in [-0.2, 0) is 0 Å². The number of aryl methyl sites for hydroxylation is 1. The minimum Gasteiger partial charge on any atom is -0.496 e. The monoisotopic (exact) mass is 249 g/mol. The van der Waals surface area contributed by atoms with Crippen molar-refractivity contribution in [1.29, 1.82) is 0 Å². The van der Waals surface area contributed by atoms with Gasteiger partial charge in [-0.2, -0.15) is 0 Å². The minimum absolute atomic E-state index is 0.0576. The molecule has 0 saturated heterocycles. The molecule has 0 aliphatic carbocycles. The van der Waals surface area contributed by atoms with Crippen LogP contribution in [0.3, 0.4) is 0 Å². The van der Waals surface area contributed by atoms with Crippen LogP contribution in [0.25, 0.3) is 0 Å². The van der Waals surface area contributed by atoms with Gasteiger partial charge in [-0.3, -0.25) is 9.59 Å². The molecule has 98 valence electrons. The molecule has 18 heavy (non-hydrogen) atoms. The highest BCUT2D eigenvalue weighted by molar-refractivity contribution is 6.04. The van der Waals surface area contributed by atoms with Crippen molar-refractivity contribution in [3.63, 3.8) is 0 Å². The topological polar surface area (TPSA) is 55.4 Å². The Morgan fingerprint density at radius 3 is 2.67 bits per heavy atom. The largest absolute Gasteiger partial charge is 0.496 e. The first-order valence-electron chi connectivity index (χ1n) is 5.98. The van der Waals surface area contributed by atoms with E-state index in [0.29, 0.717) is 23.2 Å². The van der Waals surface area contributed by atoms with Crippen LogP contribution < -0.4 is 10.1 Å². The first-order valence-corrected chi connectivity index (χ1v) is 5.98. The summed E-state index contributed by atoms with van der Waals surface area (Å²) in [5.41, 5.74) is 1.49. The van der Waals surface area contributed by atoms with E-state index in [0.717, 1.165) is 12.0 Å². The molecule has 1 N–H and O–H groups in total. The van der Waals surface area contributed by atoms with Gasteiger partial charge in [0.1, 0.15) is 5.75 Å². The molecule has 1 unspecified atom stereocenters. The van der Waals surface area contributed by atoms with E-state index in [2.05, 4.69) is 5.32 Å². The Morgan fingerprint density at radius 1 is 1.50 bits per heavy atom.